The van der Waals surface area contributed by atoms with E-state index in [0.29, 0.717) is 12.2 Å². The number of hydrogen-bond acceptors (Lipinski definition) is 8. The average molecular weight is 544 g/mol. The third-order valence-corrected chi connectivity index (χ3v) is 7.85. The van der Waals surface area contributed by atoms with Crippen molar-refractivity contribution in [2.24, 2.45) is 5.92 Å². The number of ether oxygens (including phenoxy) is 1. The van der Waals surface area contributed by atoms with Gasteiger partial charge in [0.25, 0.3) is 0 Å². The van der Waals surface area contributed by atoms with Gasteiger partial charge in [0.2, 0.25) is 11.8 Å². The molecular weight excluding hydrogens is 501 g/mol. The van der Waals surface area contributed by atoms with Crippen LogP contribution in [0.15, 0.2) is 24.3 Å². The Morgan fingerprint density at radius 2 is 1.46 bits per heavy atom. The highest BCUT2D eigenvalue weighted by Crippen LogP contribution is 2.51. The van der Waals surface area contributed by atoms with E-state index in [0.717, 1.165) is 5.56 Å². The van der Waals surface area contributed by atoms with Crippen molar-refractivity contribution in [3.8, 4) is 5.75 Å². The second-order valence-electron chi connectivity index (χ2n) is 9.08. The number of carboxylic acids is 1. The Hall–Kier alpha value is -2.46. The second-order valence-corrected chi connectivity index (χ2v) is 11.5. The van der Waals surface area contributed by atoms with Gasteiger partial charge in [0, 0.05) is 6.42 Å². The molecule has 0 heterocycles. The SMILES string of the molecule is CCOP(=O)(OCC)C(C)N[C@@H](CC(C)C)C(=O)N[C@@H](Cc1ccc(OC)cc1)C(=O)N[C@@H](C)C(=O)O. The molecular formula is C25H42N3O8P. The molecule has 1 aromatic carbocycles. The fourth-order valence-electron chi connectivity index (χ4n) is 3.58. The molecule has 0 bridgehead atoms. The van der Waals surface area contributed by atoms with E-state index in [2.05, 4.69) is 16.0 Å². The van der Waals surface area contributed by atoms with E-state index in [9.17, 15) is 24.1 Å². The highest BCUT2D eigenvalue weighted by molar-refractivity contribution is 7.54. The molecule has 2 amide bonds. The third kappa shape index (κ3) is 10.8. The van der Waals surface area contributed by atoms with Crippen molar-refractivity contribution < 1.29 is 37.8 Å². The first-order valence-corrected chi connectivity index (χ1v) is 14.1. The summed E-state index contributed by atoms with van der Waals surface area (Å²) in [5.41, 5.74) is 0.739. The van der Waals surface area contributed by atoms with Crippen LogP contribution in [0.4, 0.5) is 0 Å². The van der Waals surface area contributed by atoms with Crippen molar-refractivity contribution in [1.29, 1.82) is 0 Å². The van der Waals surface area contributed by atoms with E-state index in [1.165, 1.54) is 14.0 Å². The van der Waals surface area contributed by atoms with Crippen molar-refractivity contribution in [3.63, 3.8) is 0 Å². The van der Waals surface area contributed by atoms with Crippen LogP contribution in [0.2, 0.25) is 0 Å². The molecule has 1 aromatic rings. The molecule has 0 fully saturated rings. The Morgan fingerprint density at radius 1 is 0.919 bits per heavy atom. The van der Waals surface area contributed by atoms with Crippen molar-refractivity contribution in [2.75, 3.05) is 20.3 Å². The van der Waals surface area contributed by atoms with Crippen LogP contribution in [-0.4, -0.2) is 67.1 Å². The van der Waals surface area contributed by atoms with Crippen LogP contribution in [0.25, 0.3) is 0 Å². The topological polar surface area (TPSA) is 152 Å². The van der Waals surface area contributed by atoms with Gasteiger partial charge in [-0.1, -0.05) is 26.0 Å². The first-order valence-electron chi connectivity index (χ1n) is 12.5. The van der Waals surface area contributed by atoms with Gasteiger partial charge in [0.15, 0.2) is 0 Å². The van der Waals surface area contributed by atoms with Gasteiger partial charge in [-0.2, -0.15) is 0 Å². The number of carboxylic acid groups (broad SMARTS) is 1. The molecule has 0 aliphatic rings. The van der Waals surface area contributed by atoms with E-state index >= 15 is 0 Å². The van der Waals surface area contributed by atoms with Crippen LogP contribution in [0.5, 0.6) is 5.75 Å². The molecule has 37 heavy (non-hydrogen) atoms. The lowest BCUT2D eigenvalue weighted by atomic mass is 10.0. The lowest BCUT2D eigenvalue weighted by molar-refractivity contribution is -0.141. The number of benzene rings is 1. The molecule has 0 radical (unpaired) electrons. The van der Waals surface area contributed by atoms with Gasteiger partial charge in [-0.05, 0) is 57.7 Å². The number of aliphatic carboxylic acids is 1. The molecule has 0 spiro atoms. The summed E-state index contributed by atoms with van der Waals surface area (Å²) >= 11 is 0. The summed E-state index contributed by atoms with van der Waals surface area (Å²) in [6, 6.07) is 3.98. The quantitative estimate of drug-likeness (QED) is 0.217. The Balaban J connectivity index is 3.18. The van der Waals surface area contributed by atoms with Gasteiger partial charge in [-0.25, -0.2) is 0 Å². The van der Waals surface area contributed by atoms with Gasteiger partial charge in [-0.3, -0.25) is 24.3 Å². The van der Waals surface area contributed by atoms with Gasteiger partial charge >= 0.3 is 13.6 Å². The summed E-state index contributed by atoms with van der Waals surface area (Å²) in [6.45, 7) is 10.6. The zero-order valence-corrected chi connectivity index (χ0v) is 23.7. The lowest BCUT2D eigenvalue weighted by Gasteiger charge is -2.30. The van der Waals surface area contributed by atoms with Crippen LogP contribution in [-0.2, 0) is 34.4 Å². The first kappa shape index (κ1) is 32.6. The largest absolute Gasteiger partial charge is 0.497 e. The fraction of sp³-hybridized carbons (Fsp3) is 0.640. The van der Waals surface area contributed by atoms with E-state index in [1.807, 2.05) is 13.8 Å². The highest BCUT2D eigenvalue weighted by Gasteiger charge is 2.36. The summed E-state index contributed by atoms with van der Waals surface area (Å²) < 4.78 is 29.2. The molecule has 0 aliphatic heterocycles. The van der Waals surface area contributed by atoms with Crippen molar-refractivity contribution in [1.82, 2.24) is 16.0 Å². The standard InChI is InChI=1S/C25H42N3O8P/c1-8-35-37(33,36-9-2)18(6)27-21(14-16(3)4)24(30)28-22(23(29)26-17(5)25(31)32)15-19-10-12-20(34-7)13-11-19/h10-13,16-18,21-22,27H,8-9,14-15H2,1-7H3,(H,26,29)(H,28,30)(H,31,32)/t17-,18?,21-,22-/m0/s1. The first-order chi connectivity index (χ1) is 17.4. The van der Waals surface area contributed by atoms with Gasteiger partial charge in [0.1, 0.15) is 23.6 Å². The van der Waals surface area contributed by atoms with Crippen LogP contribution in [0.3, 0.4) is 0 Å². The molecule has 0 saturated carbocycles. The Morgan fingerprint density at radius 3 is 1.92 bits per heavy atom. The number of amides is 2. The molecule has 0 aliphatic carbocycles. The molecule has 0 saturated heterocycles. The maximum atomic E-state index is 13.4. The highest BCUT2D eigenvalue weighted by atomic mass is 31.2. The van der Waals surface area contributed by atoms with Crippen LogP contribution < -0.4 is 20.7 Å². The van der Waals surface area contributed by atoms with Gasteiger partial charge in [0.05, 0.1) is 26.4 Å². The molecule has 11 nitrogen and oxygen atoms in total. The van der Waals surface area contributed by atoms with Crippen LogP contribution >= 0.6 is 7.60 Å². The zero-order chi connectivity index (χ0) is 28.2. The maximum absolute atomic E-state index is 13.4. The van der Waals surface area contributed by atoms with Gasteiger partial charge in [-0.15, -0.1) is 0 Å². The minimum absolute atomic E-state index is 0.0925. The molecule has 210 valence electrons. The predicted molar refractivity (Wildman–Crippen MR) is 141 cm³/mol. The Labute approximate surface area is 219 Å². The molecule has 1 rings (SSSR count). The third-order valence-electron chi connectivity index (χ3n) is 5.52. The predicted octanol–water partition coefficient (Wildman–Crippen LogP) is 2.93. The van der Waals surface area contributed by atoms with E-state index in [-0.39, 0.29) is 25.6 Å². The van der Waals surface area contributed by atoms with Crippen molar-refractivity contribution >= 4 is 25.4 Å². The van der Waals surface area contributed by atoms with Crippen molar-refractivity contribution in [3.05, 3.63) is 29.8 Å². The molecule has 4 N–H and O–H groups in total. The number of methoxy groups -OCH3 is 1. The van der Waals surface area contributed by atoms with Crippen LogP contribution in [0.1, 0.15) is 53.5 Å². The zero-order valence-electron chi connectivity index (χ0n) is 22.8. The minimum Gasteiger partial charge on any atom is -0.497 e. The Bertz CT molecular complexity index is 915. The molecule has 12 heteroatoms. The Kier molecular flexibility index (Phi) is 13.8. The van der Waals surface area contributed by atoms with Crippen molar-refractivity contribution in [2.45, 2.75) is 78.3 Å². The molecule has 4 atom stereocenters. The number of hydrogen-bond donors (Lipinski definition) is 4. The minimum atomic E-state index is -3.54. The molecule has 0 aromatic heterocycles. The monoisotopic (exact) mass is 543 g/mol. The summed E-state index contributed by atoms with van der Waals surface area (Å²) in [5, 5.41) is 17.5. The normalized spacial score (nSPS) is 14.9. The van der Waals surface area contributed by atoms with E-state index < -0.39 is 49.3 Å². The average Bonchev–Trinajstić information content (AvgIpc) is 2.83. The number of nitrogens with one attached hydrogen (secondary N) is 3. The maximum Gasteiger partial charge on any atom is 0.347 e. The molecule has 1 unspecified atom stereocenters. The van der Waals surface area contributed by atoms with E-state index in [1.54, 1.807) is 45.0 Å². The van der Waals surface area contributed by atoms with Gasteiger partial charge < -0.3 is 29.5 Å². The summed E-state index contributed by atoms with van der Waals surface area (Å²) in [6.07, 6.45) is 0.505. The lowest BCUT2D eigenvalue weighted by Crippen LogP contribution is -2.56. The fourth-order valence-corrected chi connectivity index (χ4v) is 5.18. The summed E-state index contributed by atoms with van der Waals surface area (Å²) in [4.78, 5) is 37.7. The number of rotatable bonds is 17. The summed E-state index contributed by atoms with van der Waals surface area (Å²) in [7, 11) is -2.00. The smallest absolute Gasteiger partial charge is 0.347 e. The number of carbonyl (C=O) groups is 3. The summed E-state index contributed by atoms with van der Waals surface area (Å²) in [5.74, 6) is -2.38. The van der Waals surface area contributed by atoms with E-state index in [4.69, 9.17) is 13.8 Å². The second kappa shape index (κ2) is 15.7. The number of carbonyl (C=O) groups excluding carboxylic acids is 2. The van der Waals surface area contributed by atoms with Crippen LogP contribution in [0, 0.1) is 5.92 Å².